The number of urea groups is 1. The van der Waals surface area contributed by atoms with E-state index in [-0.39, 0.29) is 54.1 Å². The number of sulfonamides is 1. The van der Waals surface area contributed by atoms with Gasteiger partial charge in [0.05, 0.1) is 29.7 Å². The number of fused-ring (bicyclic) bond motifs is 1. The number of aliphatic hydroxyl groups is 1. The molecule has 0 spiro atoms. The van der Waals surface area contributed by atoms with Crippen LogP contribution in [0.3, 0.4) is 0 Å². The van der Waals surface area contributed by atoms with Crippen molar-refractivity contribution < 1.29 is 27.9 Å². The molecule has 11 heteroatoms. The predicted octanol–water partition coefficient (Wildman–Crippen LogP) is 3.68. The molecule has 0 unspecified atom stereocenters. The minimum atomic E-state index is -3.76. The summed E-state index contributed by atoms with van der Waals surface area (Å²) in [5.41, 5.74) is 0.677. The minimum absolute atomic E-state index is 0.0527. The molecule has 218 valence electrons. The number of aliphatic hydroxyl groups excluding tert-OH is 1. The van der Waals surface area contributed by atoms with E-state index < -0.39 is 22.2 Å². The molecule has 4 rings (SSSR count). The third kappa shape index (κ3) is 6.94. The zero-order chi connectivity index (χ0) is 28.9. The second kappa shape index (κ2) is 13.0. The predicted molar refractivity (Wildman–Crippen MR) is 153 cm³/mol. The maximum absolute atomic E-state index is 13.7. The van der Waals surface area contributed by atoms with Crippen LogP contribution in [0.2, 0.25) is 0 Å². The molecule has 1 aliphatic heterocycles. The SMILES string of the molecule is C[C@H](CO)N1C[C@H](C)[C@H](CN(C)S(=O)(=O)c2ccccc2)Oc2ccc(NC(=O)NC3CCCCC3)cc2C1=O. The van der Waals surface area contributed by atoms with Crippen LogP contribution < -0.4 is 15.4 Å². The van der Waals surface area contributed by atoms with Gasteiger partial charge >= 0.3 is 6.03 Å². The Morgan fingerprint density at radius 1 is 1.15 bits per heavy atom. The molecule has 0 saturated heterocycles. The maximum Gasteiger partial charge on any atom is 0.319 e. The molecule has 2 aliphatic rings. The van der Waals surface area contributed by atoms with Crippen LogP contribution in [-0.2, 0) is 10.0 Å². The average Bonchev–Trinajstić information content (AvgIpc) is 2.95. The number of nitrogens with one attached hydrogen (secondary N) is 2. The molecule has 10 nitrogen and oxygen atoms in total. The molecule has 2 aromatic carbocycles. The first-order valence-electron chi connectivity index (χ1n) is 13.9. The number of likely N-dealkylation sites (N-methyl/N-ethyl adjacent to an activating group) is 1. The molecule has 1 saturated carbocycles. The standard InChI is InChI=1S/C29H40N4O6S/c1-20-17-33(21(2)19-34)28(35)25-16-23(31-29(36)30-22-10-6-4-7-11-22)14-15-26(25)39-27(20)18-32(3)40(37,38)24-12-8-5-9-13-24/h5,8-9,12-16,20-22,27,34H,4,6-7,10-11,17-19H2,1-3H3,(H2,30,31,36)/t20-,21+,27-/m0/s1. The summed E-state index contributed by atoms with van der Waals surface area (Å²) in [7, 11) is -2.25. The van der Waals surface area contributed by atoms with Crippen molar-refractivity contribution in [1.29, 1.82) is 0 Å². The number of anilines is 1. The number of carbonyl (C=O) groups excluding carboxylic acids is 2. The normalized spacial score (nSPS) is 21.1. The summed E-state index contributed by atoms with van der Waals surface area (Å²) >= 11 is 0. The van der Waals surface area contributed by atoms with Gasteiger partial charge in [-0.15, -0.1) is 0 Å². The van der Waals surface area contributed by atoms with Crippen LogP contribution >= 0.6 is 0 Å². The highest BCUT2D eigenvalue weighted by atomic mass is 32.2. The van der Waals surface area contributed by atoms with Crippen molar-refractivity contribution >= 4 is 27.6 Å². The summed E-state index contributed by atoms with van der Waals surface area (Å²) in [5, 5.41) is 15.7. The third-order valence-electron chi connectivity index (χ3n) is 7.75. The molecule has 1 aliphatic carbocycles. The monoisotopic (exact) mass is 572 g/mol. The highest BCUT2D eigenvalue weighted by Crippen LogP contribution is 2.31. The van der Waals surface area contributed by atoms with Crippen molar-refractivity contribution in [3.8, 4) is 5.75 Å². The van der Waals surface area contributed by atoms with E-state index in [4.69, 9.17) is 4.74 Å². The van der Waals surface area contributed by atoms with Gasteiger partial charge in [-0.05, 0) is 50.1 Å². The van der Waals surface area contributed by atoms with E-state index in [1.165, 1.54) is 17.8 Å². The molecular weight excluding hydrogens is 532 g/mol. The first-order valence-corrected chi connectivity index (χ1v) is 15.4. The fourth-order valence-electron chi connectivity index (χ4n) is 5.24. The molecular formula is C29H40N4O6S. The second-order valence-electron chi connectivity index (χ2n) is 10.9. The Balaban J connectivity index is 1.59. The molecule has 1 heterocycles. The van der Waals surface area contributed by atoms with E-state index in [9.17, 15) is 23.1 Å². The van der Waals surface area contributed by atoms with Gasteiger partial charge in [-0.2, -0.15) is 4.31 Å². The van der Waals surface area contributed by atoms with E-state index in [2.05, 4.69) is 10.6 Å². The van der Waals surface area contributed by atoms with Crippen molar-refractivity contribution in [1.82, 2.24) is 14.5 Å². The average molecular weight is 573 g/mol. The largest absolute Gasteiger partial charge is 0.488 e. The molecule has 2 aromatic rings. The first-order chi connectivity index (χ1) is 19.1. The quantitative estimate of drug-likeness (QED) is 0.443. The fourth-order valence-corrected chi connectivity index (χ4v) is 6.45. The number of hydrogen-bond donors (Lipinski definition) is 3. The number of benzene rings is 2. The second-order valence-corrected chi connectivity index (χ2v) is 12.9. The third-order valence-corrected chi connectivity index (χ3v) is 9.59. The lowest BCUT2D eigenvalue weighted by Gasteiger charge is -2.38. The lowest BCUT2D eigenvalue weighted by molar-refractivity contribution is 0.0387. The smallest absolute Gasteiger partial charge is 0.319 e. The van der Waals surface area contributed by atoms with Crippen LogP contribution in [-0.4, -0.2) is 79.6 Å². The molecule has 3 amide bonds. The Morgan fingerprint density at radius 3 is 2.52 bits per heavy atom. The minimum Gasteiger partial charge on any atom is -0.488 e. The van der Waals surface area contributed by atoms with E-state index >= 15 is 0 Å². The number of carbonyl (C=O) groups is 2. The Morgan fingerprint density at radius 2 is 1.85 bits per heavy atom. The van der Waals surface area contributed by atoms with Crippen molar-refractivity contribution in [3.05, 3.63) is 54.1 Å². The maximum atomic E-state index is 13.7. The molecule has 3 atom stereocenters. The van der Waals surface area contributed by atoms with Crippen LogP contribution in [0.1, 0.15) is 56.3 Å². The lowest BCUT2D eigenvalue weighted by atomic mass is 9.96. The van der Waals surface area contributed by atoms with Gasteiger partial charge in [0.15, 0.2) is 0 Å². The Kier molecular flexibility index (Phi) is 9.70. The highest BCUT2D eigenvalue weighted by molar-refractivity contribution is 7.89. The van der Waals surface area contributed by atoms with Gasteiger partial charge in [-0.3, -0.25) is 4.79 Å². The van der Waals surface area contributed by atoms with Crippen LogP contribution in [0, 0.1) is 5.92 Å². The Labute approximate surface area is 236 Å². The van der Waals surface area contributed by atoms with Crippen LogP contribution in [0.15, 0.2) is 53.4 Å². The number of nitrogens with zero attached hydrogens (tertiary/aromatic N) is 2. The fraction of sp³-hybridized carbons (Fsp3) is 0.517. The van der Waals surface area contributed by atoms with Gasteiger partial charge in [0.2, 0.25) is 10.0 Å². The number of amides is 3. The summed E-state index contributed by atoms with van der Waals surface area (Å²) in [5.74, 6) is -0.289. The van der Waals surface area contributed by atoms with Gasteiger partial charge in [0.25, 0.3) is 5.91 Å². The molecule has 3 N–H and O–H groups in total. The van der Waals surface area contributed by atoms with Gasteiger partial charge in [-0.25, -0.2) is 13.2 Å². The number of rotatable bonds is 8. The van der Waals surface area contributed by atoms with Crippen molar-refractivity contribution in [3.63, 3.8) is 0 Å². The molecule has 0 radical (unpaired) electrons. The van der Waals surface area contributed by atoms with Gasteiger partial charge in [-0.1, -0.05) is 44.4 Å². The summed E-state index contributed by atoms with van der Waals surface area (Å²) in [6.45, 7) is 3.73. The van der Waals surface area contributed by atoms with Crippen molar-refractivity contribution in [2.45, 2.75) is 69.0 Å². The lowest BCUT2D eigenvalue weighted by Crippen LogP contribution is -2.50. The summed E-state index contributed by atoms with van der Waals surface area (Å²) in [6.07, 6.45) is 4.68. The summed E-state index contributed by atoms with van der Waals surface area (Å²) < 4.78 is 34.0. The van der Waals surface area contributed by atoms with Gasteiger partial charge < -0.3 is 25.4 Å². The topological polar surface area (TPSA) is 128 Å². The van der Waals surface area contributed by atoms with Crippen LogP contribution in [0.4, 0.5) is 10.5 Å². The van der Waals surface area contributed by atoms with E-state index in [1.54, 1.807) is 60.4 Å². The zero-order valence-corrected chi connectivity index (χ0v) is 24.2. The first kappa shape index (κ1) is 29.8. The van der Waals surface area contributed by atoms with E-state index in [0.717, 1.165) is 25.7 Å². The summed E-state index contributed by atoms with van der Waals surface area (Å²) in [4.78, 5) is 28.1. The van der Waals surface area contributed by atoms with Crippen LogP contribution in [0.25, 0.3) is 0 Å². The Hall–Kier alpha value is -3.15. The van der Waals surface area contributed by atoms with Crippen LogP contribution in [0.5, 0.6) is 5.75 Å². The zero-order valence-electron chi connectivity index (χ0n) is 23.4. The van der Waals surface area contributed by atoms with Crippen molar-refractivity contribution in [2.75, 3.05) is 32.1 Å². The molecule has 0 bridgehead atoms. The molecule has 1 fully saturated rings. The number of ether oxygens (including phenoxy) is 1. The molecule has 0 aromatic heterocycles. The van der Waals surface area contributed by atoms with Crippen molar-refractivity contribution in [2.24, 2.45) is 5.92 Å². The highest BCUT2D eigenvalue weighted by Gasteiger charge is 2.35. The Bertz CT molecular complexity index is 1280. The van der Waals surface area contributed by atoms with E-state index in [0.29, 0.717) is 11.4 Å². The number of hydrogen-bond acceptors (Lipinski definition) is 6. The summed E-state index contributed by atoms with van der Waals surface area (Å²) in [6, 6.07) is 12.4. The van der Waals surface area contributed by atoms with Gasteiger partial charge in [0.1, 0.15) is 11.9 Å². The van der Waals surface area contributed by atoms with Gasteiger partial charge in [0, 0.05) is 31.2 Å². The molecule has 40 heavy (non-hydrogen) atoms. The van der Waals surface area contributed by atoms with E-state index in [1.807, 2.05) is 6.92 Å².